The second-order valence-corrected chi connectivity index (χ2v) is 7.53. The number of carbonyl (C=O) groups excluding carboxylic acids is 1. The maximum atomic E-state index is 12.6. The van der Waals surface area contributed by atoms with E-state index in [4.69, 9.17) is 9.47 Å². The van der Waals surface area contributed by atoms with Gasteiger partial charge in [0.1, 0.15) is 6.61 Å². The molecule has 0 unspecified atom stereocenters. The van der Waals surface area contributed by atoms with Gasteiger partial charge in [-0.2, -0.15) is 0 Å². The molecule has 1 amide bonds. The Kier molecular flexibility index (Phi) is 9.43. The summed E-state index contributed by atoms with van der Waals surface area (Å²) >= 11 is 0. The first-order valence-electron chi connectivity index (χ1n) is 10.1. The van der Waals surface area contributed by atoms with Gasteiger partial charge in [0.15, 0.2) is 11.5 Å². The first-order chi connectivity index (χ1) is 14.1. The van der Waals surface area contributed by atoms with Gasteiger partial charge < -0.3 is 19.7 Å². The minimum Gasteiger partial charge on any atom is -0.493 e. The summed E-state index contributed by atoms with van der Waals surface area (Å²) in [4.78, 5) is 16.7. The fraction of sp³-hybridized carbons (Fsp3) is 0.435. The van der Waals surface area contributed by atoms with Gasteiger partial charge in [0, 0.05) is 39.3 Å². The minimum atomic E-state index is 0. The summed E-state index contributed by atoms with van der Waals surface area (Å²) in [6, 6.07) is 16.2. The van der Waals surface area contributed by atoms with Crippen molar-refractivity contribution in [2.24, 2.45) is 0 Å². The normalized spacial score (nSPS) is 16.4. The number of carbonyl (C=O) groups is 1. The summed E-state index contributed by atoms with van der Waals surface area (Å²) in [5, 5.41) is 3.35. The standard InChI is InChI=1S/C23H31N3O3.ClH/c1-18-14-24-11-12-26(18)16-23(27)25(2)15-20-9-10-21(22(13-20)28-3)29-17-19-7-5-4-6-8-19;/h4-10,13,18,24H,11-12,14-17H2,1-3H3;1H/t18-;/m1./s1. The van der Waals surface area contributed by atoms with Crippen molar-refractivity contribution in [3.63, 3.8) is 0 Å². The fourth-order valence-corrected chi connectivity index (χ4v) is 3.44. The molecule has 3 rings (SSSR count). The quantitative estimate of drug-likeness (QED) is 0.693. The fourth-order valence-electron chi connectivity index (χ4n) is 3.44. The van der Waals surface area contributed by atoms with Gasteiger partial charge in [-0.1, -0.05) is 36.4 Å². The molecule has 6 nitrogen and oxygen atoms in total. The molecule has 0 saturated carbocycles. The SMILES string of the molecule is COc1cc(CN(C)C(=O)CN2CCNC[C@H]2C)ccc1OCc1ccccc1.Cl. The number of piperazine rings is 1. The van der Waals surface area contributed by atoms with Gasteiger partial charge in [-0.3, -0.25) is 9.69 Å². The highest BCUT2D eigenvalue weighted by Crippen LogP contribution is 2.29. The highest BCUT2D eigenvalue weighted by Gasteiger charge is 2.22. The number of rotatable bonds is 8. The summed E-state index contributed by atoms with van der Waals surface area (Å²) in [6.45, 7) is 6.39. The van der Waals surface area contributed by atoms with Crippen LogP contribution < -0.4 is 14.8 Å². The van der Waals surface area contributed by atoms with Crippen LogP contribution in [0.5, 0.6) is 11.5 Å². The lowest BCUT2D eigenvalue weighted by atomic mass is 10.1. The van der Waals surface area contributed by atoms with Crippen molar-refractivity contribution in [1.29, 1.82) is 0 Å². The Hall–Kier alpha value is -2.28. The number of nitrogens with zero attached hydrogens (tertiary/aromatic N) is 2. The van der Waals surface area contributed by atoms with E-state index < -0.39 is 0 Å². The van der Waals surface area contributed by atoms with Crippen molar-refractivity contribution in [1.82, 2.24) is 15.1 Å². The predicted octanol–water partition coefficient (Wildman–Crippen LogP) is 2.95. The van der Waals surface area contributed by atoms with Crippen LogP contribution in [0, 0.1) is 0 Å². The number of halogens is 1. The van der Waals surface area contributed by atoms with Gasteiger partial charge in [0.25, 0.3) is 0 Å². The number of likely N-dealkylation sites (N-methyl/N-ethyl adjacent to an activating group) is 1. The molecule has 0 aliphatic carbocycles. The van der Waals surface area contributed by atoms with Gasteiger partial charge in [0.05, 0.1) is 13.7 Å². The van der Waals surface area contributed by atoms with Crippen LogP contribution in [-0.4, -0.2) is 62.1 Å². The second kappa shape index (κ2) is 11.8. The van der Waals surface area contributed by atoms with Gasteiger partial charge in [0.2, 0.25) is 5.91 Å². The average Bonchev–Trinajstić information content (AvgIpc) is 2.75. The van der Waals surface area contributed by atoms with Crippen LogP contribution >= 0.6 is 12.4 Å². The molecule has 0 bridgehead atoms. The summed E-state index contributed by atoms with van der Waals surface area (Å²) in [6.07, 6.45) is 0. The Morgan fingerprint density at radius 1 is 1.17 bits per heavy atom. The number of nitrogens with one attached hydrogen (secondary N) is 1. The van der Waals surface area contributed by atoms with Crippen molar-refractivity contribution in [3.05, 3.63) is 59.7 Å². The van der Waals surface area contributed by atoms with Crippen LogP contribution in [0.1, 0.15) is 18.1 Å². The zero-order valence-corrected chi connectivity index (χ0v) is 18.8. The second-order valence-electron chi connectivity index (χ2n) is 7.53. The van der Waals surface area contributed by atoms with Crippen molar-refractivity contribution in [2.45, 2.75) is 26.1 Å². The summed E-state index contributed by atoms with van der Waals surface area (Å²) in [5.41, 5.74) is 2.12. The van der Waals surface area contributed by atoms with Crippen molar-refractivity contribution in [2.75, 3.05) is 40.3 Å². The van der Waals surface area contributed by atoms with Crippen LogP contribution in [0.25, 0.3) is 0 Å². The van der Waals surface area contributed by atoms with E-state index in [1.54, 1.807) is 12.0 Å². The Labute approximate surface area is 185 Å². The van der Waals surface area contributed by atoms with E-state index >= 15 is 0 Å². The number of hydrogen-bond donors (Lipinski definition) is 1. The van der Waals surface area contributed by atoms with Gasteiger partial charge in [-0.05, 0) is 30.2 Å². The van der Waals surface area contributed by atoms with E-state index in [-0.39, 0.29) is 18.3 Å². The molecule has 2 aromatic carbocycles. The van der Waals surface area contributed by atoms with Crippen LogP contribution in [0.3, 0.4) is 0 Å². The molecule has 0 radical (unpaired) electrons. The lowest BCUT2D eigenvalue weighted by Crippen LogP contribution is -2.52. The van der Waals surface area contributed by atoms with Crippen LogP contribution in [0.15, 0.2) is 48.5 Å². The first kappa shape index (κ1) is 24.0. The third-order valence-electron chi connectivity index (χ3n) is 5.29. The minimum absolute atomic E-state index is 0. The molecule has 1 fully saturated rings. The van der Waals surface area contributed by atoms with E-state index in [1.165, 1.54) is 0 Å². The Morgan fingerprint density at radius 2 is 1.93 bits per heavy atom. The monoisotopic (exact) mass is 433 g/mol. The summed E-state index contributed by atoms with van der Waals surface area (Å²) < 4.78 is 11.4. The van der Waals surface area contributed by atoms with Crippen molar-refractivity contribution >= 4 is 18.3 Å². The summed E-state index contributed by atoms with van der Waals surface area (Å²) in [7, 11) is 3.48. The molecule has 1 saturated heterocycles. The smallest absolute Gasteiger partial charge is 0.236 e. The topological polar surface area (TPSA) is 54.0 Å². The van der Waals surface area contributed by atoms with E-state index in [9.17, 15) is 4.79 Å². The van der Waals surface area contributed by atoms with Crippen LogP contribution in [0.2, 0.25) is 0 Å². The summed E-state index contributed by atoms with van der Waals surface area (Å²) in [5.74, 6) is 1.50. The Morgan fingerprint density at radius 3 is 2.63 bits per heavy atom. The van der Waals surface area contributed by atoms with E-state index in [0.29, 0.717) is 37.2 Å². The lowest BCUT2D eigenvalue weighted by Gasteiger charge is -2.34. The van der Waals surface area contributed by atoms with E-state index in [0.717, 1.165) is 30.8 Å². The van der Waals surface area contributed by atoms with Gasteiger partial charge in [-0.15, -0.1) is 12.4 Å². The number of methoxy groups -OCH3 is 1. The number of ether oxygens (including phenoxy) is 2. The molecule has 2 aromatic rings. The lowest BCUT2D eigenvalue weighted by molar-refractivity contribution is -0.132. The van der Waals surface area contributed by atoms with Gasteiger partial charge >= 0.3 is 0 Å². The van der Waals surface area contributed by atoms with Crippen molar-refractivity contribution < 1.29 is 14.3 Å². The zero-order chi connectivity index (χ0) is 20.6. The molecule has 30 heavy (non-hydrogen) atoms. The largest absolute Gasteiger partial charge is 0.493 e. The third-order valence-corrected chi connectivity index (χ3v) is 5.29. The van der Waals surface area contributed by atoms with Crippen LogP contribution in [0.4, 0.5) is 0 Å². The molecule has 0 spiro atoms. The molecule has 1 N–H and O–H groups in total. The third kappa shape index (κ3) is 6.62. The maximum absolute atomic E-state index is 12.6. The molecule has 1 heterocycles. The number of benzene rings is 2. The Balaban J connectivity index is 0.00000320. The van der Waals surface area contributed by atoms with Crippen molar-refractivity contribution in [3.8, 4) is 11.5 Å². The molecule has 1 aliphatic rings. The highest BCUT2D eigenvalue weighted by molar-refractivity contribution is 5.85. The molecular formula is C23H32ClN3O3. The number of amides is 1. The van der Waals surface area contributed by atoms with E-state index in [2.05, 4.69) is 17.1 Å². The van der Waals surface area contributed by atoms with Crippen LogP contribution in [-0.2, 0) is 17.9 Å². The first-order valence-corrected chi connectivity index (χ1v) is 10.1. The average molecular weight is 434 g/mol. The highest BCUT2D eigenvalue weighted by atomic mass is 35.5. The predicted molar refractivity (Wildman–Crippen MR) is 121 cm³/mol. The molecular weight excluding hydrogens is 402 g/mol. The zero-order valence-electron chi connectivity index (χ0n) is 18.0. The molecule has 1 atom stereocenters. The molecule has 1 aliphatic heterocycles. The van der Waals surface area contributed by atoms with E-state index in [1.807, 2.05) is 55.6 Å². The molecule has 7 heteroatoms. The molecule has 164 valence electrons. The molecule has 0 aromatic heterocycles. The Bertz CT molecular complexity index is 804. The van der Waals surface area contributed by atoms with Gasteiger partial charge in [-0.25, -0.2) is 0 Å². The number of hydrogen-bond acceptors (Lipinski definition) is 5. The maximum Gasteiger partial charge on any atom is 0.236 e.